The minimum atomic E-state index is -0.949. The summed E-state index contributed by atoms with van der Waals surface area (Å²) in [5.41, 5.74) is 0. The topological polar surface area (TPSA) is 40.6 Å². The van der Waals surface area contributed by atoms with Gasteiger partial charge in [-0.15, -0.1) is 23.2 Å². The van der Waals surface area contributed by atoms with Gasteiger partial charge in [-0.3, -0.25) is 9.59 Å². The van der Waals surface area contributed by atoms with Crippen LogP contribution in [-0.2, 0) is 9.59 Å². The Bertz CT molecular complexity index is 375. The minimum absolute atomic E-state index is 0.0601. The number of nitrogens with zero attached hydrogens (tertiary/aromatic N) is 2. The van der Waals surface area contributed by atoms with E-state index in [4.69, 9.17) is 23.2 Å². The summed E-state index contributed by atoms with van der Waals surface area (Å²) >= 11 is 12.8. The highest BCUT2D eigenvalue weighted by Crippen LogP contribution is 2.35. The van der Waals surface area contributed by atoms with Crippen molar-refractivity contribution in [2.45, 2.75) is 51.3 Å². The Morgan fingerprint density at radius 3 is 1.21 bits per heavy atom. The Balaban J connectivity index is 4.51. The molecule has 0 rings (SSSR count). The lowest BCUT2D eigenvalue weighted by atomic mass is 10.1. The third-order valence-electron chi connectivity index (χ3n) is 3.74. The first kappa shape index (κ1) is 24.2. The van der Waals surface area contributed by atoms with E-state index in [1.54, 1.807) is 23.6 Å². The van der Waals surface area contributed by atoms with Crippen LogP contribution in [0.2, 0.25) is 0 Å². The zero-order valence-corrected chi connectivity index (χ0v) is 18.7. The van der Waals surface area contributed by atoms with Gasteiger partial charge in [0.1, 0.15) is 9.75 Å². The van der Waals surface area contributed by atoms with Gasteiger partial charge in [0.15, 0.2) is 0 Å². The van der Waals surface area contributed by atoms with E-state index in [2.05, 4.69) is 0 Å². The summed E-state index contributed by atoms with van der Waals surface area (Å²) in [5.74, 6) is 0.798. The minimum Gasteiger partial charge on any atom is -0.342 e. The van der Waals surface area contributed by atoms with Gasteiger partial charge >= 0.3 is 0 Å². The lowest BCUT2D eigenvalue weighted by Gasteiger charge is -2.30. The third-order valence-corrected chi connectivity index (χ3v) is 7.41. The number of amides is 2. The smallest absolute Gasteiger partial charge is 0.244 e. The highest BCUT2D eigenvalue weighted by Gasteiger charge is 2.36. The molecule has 2 atom stereocenters. The fourth-order valence-corrected chi connectivity index (χ4v) is 5.83. The van der Waals surface area contributed by atoms with Crippen molar-refractivity contribution >= 4 is 56.6 Å². The van der Waals surface area contributed by atoms with Crippen molar-refractivity contribution in [1.29, 1.82) is 0 Å². The first-order chi connectivity index (χ1) is 11.1. The molecule has 2 amide bonds. The maximum atomic E-state index is 12.4. The van der Waals surface area contributed by atoms with Crippen LogP contribution in [0.25, 0.3) is 0 Å². The SMILES string of the molecule is CCN(CC)C(=O)C(C)(Cl)CSSCC(C)(Cl)C(=O)N(CC)CC. The summed E-state index contributed by atoms with van der Waals surface area (Å²) < 4.78 is 0. The molecule has 0 N–H and O–H groups in total. The lowest BCUT2D eigenvalue weighted by Crippen LogP contribution is -2.45. The van der Waals surface area contributed by atoms with Crippen molar-refractivity contribution < 1.29 is 9.59 Å². The highest BCUT2D eigenvalue weighted by atomic mass is 35.5. The molecule has 0 saturated heterocycles. The van der Waals surface area contributed by atoms with Crippen molar-refractivity contribution in [3.8, 4) is 0 Å². The van der Waals surface area contributed by atoms with E-state index >= 15 is 0 Å². The molecule has 24 heavy (non-hydrogen) atoms. The van der Waals surface area contributed by atoms with Gasteiger partial charge in [-0.05, 0) is 41.5 Å². The number of carbonyl (C=O) groups excluding carboxylic acids is 2. The third kappa shape index (κ3) is 7.22. The van der Waals surface area contributed by atoms with E-state index < -0.39 is 9.75 Å². The van der Waals surface area contributed by atoms with Gasteiger partial charge in [-0.25, -0.2) is 0 Å². The molecule has 0 aromatic carbocycles. The first-order valence-corrected chi connectivity index (χ1v) is 11.5. The second-order valence-electron chi connectivity index (χ2n) is 5.87. The average Bonchev–Trinajstić information content (AvgIpc) is 2.53. The zero-order valence-electron chi connectivity index (χ0n) is 15.5. The fraction of sp³-hybridized carbons (Fsp3) is 0.875. The molecule has 0 radical (unpaired) electrons. The molecule has 142 valence electrons. The van der Waals surface area contributed by atoms with Crippen LogP contribution in [0.5, 0.6) is 0 Å². The molecule has 2 unspecified atom stereocenters. The van der Waals surface area contributed by atoms with Crippen molar-refractivity contribution in [2.75, 3.05) is 37.7 Å². The molecule has 8 heteroatoms. The van der Waals surface area contributed by atoms with Gasteiger partial charge in [-0.1, -0.05) is 21.6 Å². The monoisotopic (exact) mass is 416 g/mol. The van der Waals surface area contributed by atoms with Crippen molar-refractivity contribution in [3.05, 3.63) is 0 Å². The van der Waals surface area contributed by atoms with Crippen LogP contribution in [0.4, 0.5) is 0 Å². The molecule has 0 aromatic rings. The van der Waals surface area contributed by atoms with Gasteiger partial charge in [0.05, 0.1) is 0 Å². The highest BCUT2D eigenvalue weighted by molar-refractivity contribution is 8.76. The number of alkyl halides is 2. The molecular weight excluding hydrogens is 387 g/mol. The molecule has 0 fully saturated rings. The number of halogens is 2. The number of carbonyl (C=O) groups is 2. The number of rotatable bonds is 11. The van der Waals surface area contributed by atoms with Crippen molar-refractivity contribution in [3.63, 3.8) is 0 Å². The maximum Gasteiger partial charge on any atom is 0.244 e. The van der Waals surface area contributed by atoms with E-state index in [0.29, 0.717) is 37.7 Å². The van der Waals surface area contributed by atoms with Crippen LogP contribution in [0.1, 0.15) is 41.5 Å². The van der Waals surface area contributed by atoms with Crippen LogP contribution >= 0.6 is 44.8 Å². The molecule has 0 spiro atoms. The number of hydrogen-bond donors (Lipinski definition) is 0. The summed E-state index contributed by atoms with van der Waals surface area (Å²) in [5, 5.41) is 0. The molecule has 0 aliphatic carbocycles. The Hall–Kier alpha value is 0.220. The summed E-state index contributed by atoms with van der Waals surface area (Å²) in [6.07, 6.45) is 0. The molecular formula is C16H30Cl2N2O2S2. The van der Waals surface area contributed by atoms with E-state index in [0.717, 1.165) is 0 Å². The largest absolute Gasteiger partial charge is 0.342 e. The summed E-state index contributed by atoms with van der Waals surface area (Å²) in [7, 11) is 2.96. The van der Waals surface area contributed by atoms with Gasteiger partial charge in [0.25, 0.3) is 0 Å². The molecule has 0 saturated carbocycles. The molecule has 0 heterocycles. The normalized spacial score (nSPS) is 16.2. The lowest BCUT2D eigenvalue weighted by molar-refractivity contribution is -0.133. The zero-order chi connectivity index (χ0) is 19.0. The standard InChI is InChI=1S/C16H30Cl2N2O2S2/c1-7-19(8-2)13(21)15(5,17)11-23-24-12-16(6,18)14(22)20(9-3)10-4/h7-12H2,1-6H3. The van der Waals surface area contributed by atoms with Crippen LogP contribution < -0.4 is 0 Å². The van der Waals surface area contributed by atoms with Crippen LogP contribution in [0.3, 0.4) is 0 Å². The van der Waals surface area contributed by atoms with E-state index in [9.17, 15) is 9.59 Å². The maximum absolute atomic E-state index is 12.4. The molecule has 0 aromatic heterocycles. The van der Waals surface area contributed by atoms with Gasteiger partial charge in [-0.2, -0.15) is 0 Å². The van der Waals surface area contributed by atoms with Crippen LogP contribution in [0.15, 0.2) is 0 Å². The predicted octanol–water partition coefficient (Wildman–Crippen LogP) is 4.10. The van der Waals surface area contributed by atoms with Gasteiger partial charge in [0.2, 0.25) is 11.8 Å². The Morgan fingerprint density at radius 2 is 1.00 bits per heavy atom. The molecule has 0 aliphatic rings. The quantitative estimate of drug-likeness (QED) is 0.288. The van der Waals surface area contributed by atoms with E-state index in [-0.39, 0.29) is 11.8 Å². The Kier molecular flexibility index (Phi) is 11.1. The predicted molar refractivity (Wildman–Crippen MR) is 109 cm³/mol. The second kappa shape index (κ2) is 11.0. The fourth-order valence-electron chi connectivity index (χ4n) is 2.11. The molecule has 0 aliphatic heterocycles. The number of hydrogen-bond acceptors (Lipinski definition) is 4. The van der Waals surface area contributed by atoms with E-state index in [1.165, 1.54) is 21.6 Å². The average molecular weight is 417 g/mol. The Labute approximate surface area is 164 Å². The van der Waals surface area contributed by atoms with Crippen molar-refractivity contribution in [1.82, 2.24) is 9.80 Å². The first-order valence-electron chi connectivity index (χ1n) is 8.28. The summed E-state index contributed by atoms with van der Waals surface area (Å²) in [4.78, 5) is 26.3. The van der Waals surface area contributed by atoms with Crippen molar-refractivity contribution in [2.24, 2.45) is 0 Å². The van der Waals surface area contributed by atoms with Gasteiger partial charge in [0, 0.05) is 37.7 Å². The van der Waals surface area contributed by atoms with Crippen LogP contribution in [-0.4, -0.2) is 69.0 Å². The molecule has 4 nitrogen and oxygen atoms in total. The van der Waals surface area contributed by atoms with Gasteiger partial charge < -0.3 is 9.80 Å². The van der Waals surface area contributed by atoms with Crippen LogP contribution in [0, 0.1) is 0 Å². The Morgan fingerprint density at radius 1 is 0.750 bits per heavy atom. The van der Waals surface area contributed by atoms with E-state index in [1.807, 2.05) is 27.7 Å². The second-order valence-corrected chi connectivity index (χ2v) is 10.0. The summed E-state index contributed by atoms with van der Waals surface area (Å²) in [6, 6.07) is 0. The molecule has 0 bridgehead atoms. The summed E-state index contributed by atoms with van der Waals surface area (Å²) in [6.45, 7) is 13.8.